The normalized spacial score (nSPS) is 29.8. The predicted octanol–water partition coefficient (Wildman–Crippen LogP) is 3.31. The minimum absolute atomic E-state index is 0.0169. The van der Waals surface area contributed by atoms with Gasteiger partial charge < -0.3 is 10.6 Å². The summed E-state index contributed by atoms with van der Waals surface area (Å²) in [5, 5.41) is 6.50. The van der Waals surface area contributed by atoms with E-state index in [1.54, 1.807) is 0 Å². The van der Waals surface area contributed by atoms with Gasteiger partial charge in [0, 0.05) is 16.2 Å². The van der Waals surface area contributed by atoms with Crippen LogP contribution in [0.4, 0.5) is 5.69 Å². The molecule has 2 fully saturated rings. The molecular formula is C15H19BrN2O. The standard InChI is InChI=1S/C15H19BrN2O/c16-11-5-7-12(8-6-11)17-15(19)14-9-10-3-1-2-4-13(10)18-14/h5-8,10,13-14,18H,1-4,9H2,(H,17,19). The van der Waals surface area contributed by atoms with Crippen LogP contribution >= 0.6 is 15.9 Å². The molecule has 0 bridgehead atoms. The summed E-state index contributed by atoms with van der Waals surface area (Å²) in [7, 11) is 0. The lowest BCUT2D eigenvalue weighted by Gasteiger charge is -2.24. The molecule has 3 atom stereocenters. The van der Waals surface area contributed by atoms with Crippen LogP contribution in [0.25, 0.3) is 0 Å². The van der Waals surface area contributed by atoms with Crippen molar-refractivity contribution in [2.45, 2.75) is 44.2 Å². The van der Waals surface area contributed by atoms with Gasteiger partial charge in [0.05, 0.1) is 6.04 Å². The first-order valence-corrected chi connectivity index (χ1v) is 7.84. The minimum Gasteiger partial charge on any atom is -0.325 e. The highest BCUT2D eigenvalue weighted by Crippen LogP contribution is 2.33. The van der Waals surface area contributed by atoms with Gasteiger partial charge in [0.1, 0.15) is 0 Å². The fraction of sp³-hybridized carbons (Fsp3) is 0.533. The van der Waals surface area contributed by atoms with E-state index in [1.807, 2.05) is 24.3 Å². The highest BCUT2D eigenvalue weighted by Gasteiger charge is 2.38. The molecule has 1 saturated carbocycles. The number of hydrogen-bond acceptors (Lipinski definition) is 2. The Morgan fingerprint density at radius 2 is 1.95 bits per heavy atom. The third-order valence-electron chi connectivity index (χ3n) is 4.29. The Hall–Kier alpha value is -0.870. The van der Waals surface area contributed by atoms with E-state index in [0.717, 1.165) is 16.6 Å². The maximum absolute atomic E-state index is 12.3. The molecule has 0 aromatic heterocycles. The van der Waals surface area contributed by atoms with E-state index < -0.39 is 0 Å². The summed E-state index contributed by atoms with van der Waals surface area (Å²) in [6.07, 6.45) is 6.12. The third-order valence-corrected chi connectivity index (χ3v) is 4.82. The lowest BCUT2D eigenvalue weighted by molar-refractivity contribution is -0.117. The second-order valence-electron chi connectivity index (χ2n) is 5.60. The first kappa shape index (κ1) is 13.1. The average molecular weight is 323 g/mol. The molecule has 3 unspecified atom stereocenters. The van der Waals surface area contributed by atoms with Gasteiger partial charge in [0.25, 0.3) is 0 Å². The molecule has 1 aliphatic carbocycles. The number of anilines is 1. The summed E-state index contributed by atoms with van der Waals surface area (Å²) in [4.78, 5) is 12.3. The molecule has 2 aliphatic rings. The molecule has 0 radical (unpaired) electrons. The predicted molar refractivity (Wildman–Crippen MR) is 80.1 cm³/mol. The molecule has 0 spiro atoms. The molecule has 4 heteroatoms. The monoisotopic (exact) mass is 322 g/mol. The van der Waals surface area contributed by atoms with Crippen molar-refractivity contribution in [3.05, 3.63) is 28.7 Å². The van der Waals surface area contributed by atoms with E-state index in [-0.39, 0.29) is 11.9 Å². The maximum Gasteiger partial charge on any atom is 0.241 e. The Kier molecular flexibility index (Phi) is 3.89. The first-order chi connectivity index (χ1) is 9.22. The summed E-state index contributed by atoms with van der Waals surface area (Å²) < 4.78 is 1.02. The molecule has 3 nitrogen and oxygen atoms in total. The lowest BCUT2D eigenvalue weighted by atomic mass is 9.85. The number of nitrogens with one attached hydrogen (secondary N) is 2. The summed E-state index contributed by atoms with van der Waals surface area (Å²) >= 11 is 3.39. The highest BCUT2D eigenvalue weighted by atomic mass is 79.9. The number of benzene rings is 1. The Labute approximate surface area is 122 Å². The van der Waals surface area contributed by atoms with Crippen LogP contribution < -0.4 is 10.6 Å². The van der Waals surface area contributed by atoms with Crippen LogP contribution in [0.15, 0.2) is 28.7 Å². The third kappa shape index (κ3) is 3.00. The van der Waals surface area contributed by atoms with Gasteiger partial charge in [-0.05, 0) is 49.4 Å². The Balaban J connectivity index is 1.60. The van der Waals surface area contributed by atoms with Gasteiger partial charge >= 0.3 is 0 Å². The zero-order chi connectivity index (χ0) is 13.2. The van der Waals surface area contributed by atoms with Gasteiger partial charge in [-0.1, -0.05) is 28.8 Å². The van der Waals surface area contributed by atoms with Crippen LogP contribution in [-0.4, -0.2) is 18.0 Å². The second kappa shape index (κ2) is 5.63. The van der Waals surface area contributed by atoms with Crippen molar-refractivity contribution in [2.75, 3.05) is 5.32 Å². The van der Waals surface area contributed by atoms with E-state index in [2.05, 4.69) is 26.6 Å². The molecule has 1 aromatic carbocycles. The molecule has 1 saturated heterocycles. The van der Waals surface area contributed by atoms with Crippen LogP contribution in [-0.2, 0) is 4.79 Å². The van der Waals surface area contributed by atoms with E-state index in [0.29, 0.717) is 12.0 Å². The van der Waals surface area contributed by atoms with Crippen LogP contribution in [0.1, 0.15) is 32.1 Å². The summed E-state index contributed by atoms with van der Waals surface area (Å²) in [5.41, 5.74) is 0.866. The van der Waals surface area contributed by atoms with E-state index in [9.17, 15) is 4.79 Å². The van der Waals surface area contributed by atoms with Gasteiger partial charge in [0.2, 0.25) is 5.91 Å². The molecule has 2 N–H and O–H groups in total. The van der Waals surface area contributed by atoms with Gasteiger partial charge in [-0.2, -0.15) is 0 Å². The van der Waals surface area contributed by atoms with Crippen molar-refractivity contribution in [1.29, 1.82) is 0 Å². The number of carbonyl (C=O) groups is 1. The minimum atomic E-state index is -0.0169. The van der Waals surface area contributed by atoms with Crippen molar-refractivity contribution in [1.82, 2.24) is 5.32 Å². The molecule has 3 rings (SSSR count). The van der Waals surface area contributed by atoms with Crippen molar-refractivity contribution in [3.8, 4) is 0 Å². The number of halogens is 1. The molecule has 19 heavy (non-hydrogen) atoms. The SMILES string of the molecule is O=C(Nc1ccc(Br)cc1)C1CC2CCCCC2N1. The van der Waals surface area contributed by atoms with Crippen LogP contribution in [0.3, 0.4) is 0 Å². The Morgan fingerprint density at radius 1 is 1.21 bits per heavy atom. The zero-order valence-electron chi connectivity index (χ0n) is 10.9. The summed E-state index contributed by atoms with van der Waals surface area (Å²) in [6.45, 7) is 0. The summed E-state index contributed by atoms with van der Waals surface area (Å²) in [6, 6.07) is 8.27. The molecule has 1 aromatic rings. The number of rotatable bonds is 2. The second-order valence-corrected chi connectivity index (χ2v) is 6.52. The van der Waals surface area contributed by atoms with Crippen molar-refractivity contribution >= 4 is 27.5 Å². The lowest BCUT2D eigenvalue weighted by Crippen LogP contribution is -2.39. The smallest absolute Gasteiger partial charge is 0.241 e. The van der Waals surface area contributed by atoms with Gasteiger partial charge in [0.15, 0.2) is 0 Å². The number of fused-ring (bicyclic) bond motifs is 1. The topological polar surface area (TPSA) is 41.1 Å². The van der Waals surface area contributed by atoms with E-state index >= 15 is 0 Å². The first-order valence-electron chi connectivity index (χ1n) is 7.05. The van der Waals surface area contributed by atoms with Gasteiger partial charge in [-0.15, -0.1) is 0 Å². The van der Waals surface area contributed by atoms with Crippen molar-refractivity contribution in [2.24, 2.45) is 5.92 Å². The highest BCUT2D eigenvalue weighted by molar-refractivity contribution is 9.10. The Morgan fingerprint density at radius 3 is 2.68 bits per heavy atom. The zero-order valence-corrected chi connectivity index (χ0v) is 12.4. The summed E-state index contributed by atoms with van der Waals surface area (Å²) in [5.74, 6) is 0.811. The molecule has 102 valence electrons. The van der Waals surface area contributed by atoms with E-state index in [4.69, 9.17) is 0 Å². The molecule has 1 heterocycles. The van der Waals surface area contributed by atoms with Crippen molar-refractivity contribution in [3.63, 3.8) is 0 Å². The number of carbonyl (C=O) groups excluding carboxylic acids is 1. The van der Waals surface area contributed by atoms with Crippen LogP contribution in [0.2, 0.25) is 0 Å². The quantitative estimate of drug-likeness (QED) is 0.877. The number of amides is 1. The number of hydrogen-bond donors (Lipinski definition) is 2. The molecule has 1 aliphatic heterocycles. The maximum atomic E-state index is 12.3. The van der Waals surface area contributed by atoms with Gasteiger partial charge in [-0.25, -0.2) is 0 Å². The molecular weight excluding hydrogens is 304 g/mol. The van der Waals surface area contributed by atoms with Crippen LogP contribution in [0.5, 0.6) is 0 Å². The fourth-order valence-electron chi connectivity index (χ4n) is 3.28. The fourth-order valence-corrected chi connectivity index (χ4v) is 3.55. The largest absolute Gasteiger partial charge is 0.325 e. The van der Waals surface area contributed by atoms with Gasteiger partial charge in [-0.3, -0.25) is 4.79 Å². The van der Waals surface area contributed by atoms with Crippen LogP contribution in [0, 0.1) is 5.92 Å². The Bertz CT molecular complexity index is 446. The van der Waals surface area contributed by atoms with Crippen molar-refractivity contribution < 1.29 is 4.79 Å². The molecule has 1 amide bonds. The average Bonchev–Trinajstić information content (AvgIpc) is 2.85. The van der Waals surface area contributed by atoms with E-state index in [1.165, 1.54) is 25.7 Å².